The molecule has 0 atom stereocenters. The number of rotatable bonds is 6. The molecule has 1 N–H and O–H groups in total. The average molecular weight is 301 g/mol. The lowest BCUT2D eigenvalue weighted by atomic mass is 10.4. The molecule has 0 aliphatic heterocycles. The van der Waals surface area contributed by atoms with E-state index in [0.717, 1.165) is 23.6 Å². The number of nitrogens with one attached hydrogen (secondary N) is 1. The molecule has 104 valence electrons. The van der Waals surface area contributed by atoms with Crippen LogP contribution in [-0.4, -0.2) is 34.0 Å². The van der Waals surface area contributed by atoms with Gasteiger partial charge in [-0.1, -0.05) is 18.3 Å². The number of aromatic nitrogens is 4. The van der Waals surface area contributed by atoms with Crippen LogP contribution in [0.2, 0.25) is 0 Å². The van der Waals surface area contributed by atoms with Gasteiger partial charge in [0.2, 0.25) is 15.0 Å². The van der Waals surface area contributed by atoms with Gasteiger partial charge in [0, 0.05) is 5.92 Å². The molecule has 1 aliphatic carbocycles. The maximum atomic E-state index is 11.6. The van der Waals surface area contributed by atoms with Gasteiger partial charge in [0.15, 0.2) is 5.82 Å². The van der Waals surface area contributed by atoms with Gasteiger partial charge in [0.25, 0.3) is 0 Å². The van der Waals surface area contributed by atoms with Gasteiger partial charge >= 0.3 is 0 Å². The van der Waals surface area contributed by atoms with Crippen LogP contribution in [0.4, 0.5) is 0 Å². The molecule has 1 fully saturated rings. The summed E-state index contributed by atoms with van der Waals surface area (Å²) in [4.78, 5) is 0.728. The van der Waals surface area contributed by atoms with Crippen molar-refractivity contribution >= 4 is 26.3 Å². The first-order chi connectivity index (χ1) is 9.09. The average Bonchev–Trinajstić information content (AvgIpc) is 2.98. The van der Waals surface area contributed by atoms with E-state index >= 15 is 0 Å². The quantitative estimate of drug-likeness (QED) is 0.856. The molecule has 2 heterocycles. The van der Waals surface area contributed by atoms with Gasteiger partial charge in [-0.3, -0.25) is 0 Å². The molecule has 0 bridgehead atoms. The first-order valence-electron chi connectivity index (χ1n) is 6.27. The number of hydrogen-bond acceptors (Lipinski definition) is 6. The van der Waals surface area contributed by atoms with Crippen LogP contribution in [0, 0.1) is 0 Å². The van der Waals surface area contributed by atoms with E-state index in [-0.39, 0.29) is 12.3 Å². The SMILES string of the molecule is CCCS(=O)(=O)NCc1nn2c(C3CC3)nnc2s1. The summed E-state index contributed by atoms with van der Waals surface area (Å²) in [7, 11) is -3.19. The Labute approximate surface area is 115 Å². The van der Waals surface area contributed by atoms with Crippen molar-refractivity contribution in [3.63, 3.8) is 0 Å². The molecule has 1 saturated carbocycles. The molecule has 3 rings (SSSR count). The van der Waals surface area contributed by atoms with Crippen molar-refractivity contribution in [2.75, 3.05) is 5.75 Å². The first-order valence-corrected chi connectivity index (χ1v) is 8.74. The molecule has 0 spiro atoms. The van der Waals surface area contributed by atoms with Crippen molar-refractivity contribution in [3.05, 3.63) is 10.8 Å². The molecule has 0 saturated heterocycles. The van der Waals surface area contributed by atoms with Gasteiger partial charge < -0.3 is 0 Å². The van der Waals surface area contributed by atoms with Crippen LogP contribution in [0.5, 0.6) is 0 Å². The van der Waals surface area contributed by atoms with Crippen molar-refractivity contribution in [2.45, 2.75) is 38.6 Å². The van der Waals surface area contributed by atoms with Crippen molar-refractivity contribution in [3.8, 4) is 0 Å². The number of sulfonamides is 1. The minimum Gasteiger partial charge on any atom is -0.212 e. The molecule has 0 unspecified atom stereocenters. The van der Waals surface area contributed by atoms with E-state index in [4.69, 9.17) is 0 Å². The topological polar surface area (TPSA) is 89.2 Å². The minimum absolute atomic E-state index is 0.143. The molecule has 0 amide bonds. The lowest BCUT2D eigenvalue weighted by molar-refractivity contribution is 0.579. The predicted octanol–water partition coefficient (Wildman–Crippen LogP) is 0.893. The summed E-state index contributed by atoms with van der Waals surface area (Å²) in [5.41, 5.74) is 0. The number of hydrogen-bond donors (Lipinski definition) is 1. The molecule has 1 aliphatic rings. The molecule has 7 nitrogen and oxygen atoms in total. The molecule has 9 heteroatoms. The van der Waals surface area contributed by atoms with Gasteiger partial charge in [-0.2, -0.15) is 9.61 Å². The van der Waals surface area contributed by atoms with Gasteiger partial charge in [-0.15, -0.1) is 10.2 Å². The van der Waals surface area contributed by atoms with Crippen molar-refractivity contribution in [1.82, 2.24) is 24.5 Å². The predicted molar refractivity (Wildman–Crippen MR) is 71.6 cm³/mol. The van der Waals surface area contributed by atoms with Gasteiger partial charge in [0.05, 0.1) is 12.3 Å². The fourth-order valence-corrected chi connectivity index (χ4v) is 3.76. The second-order valence-electron chi connectivity index (χ2n) is 4.66. The van der Waals surface area contributed by atoms with Crippen LogP contribution in [0.25, 0.3) is 4.96 Å². The lowest BCUT2D eigenvalue weighted by Gasteiger charge is -2.02. The van der Waals surface area contributed by atoms with Crippen molar-refractivity contribution < 1.29 is 8.42 Å². The molecule has 0 aromatic carbocycles. The lowest BCUT2D eigenvalue weighted by Crippen LogP contribution is -2.25. The Bertz CT molecular complexity index is 686. The maximum absolute atomic E-state index is 11.6. The Morgan fingerprint density at radius 3 is 2.89 bits per heavy atom. The van der Waals surface area contributed by atoms with E-state index in [9.17, 15) is 8.42 Å². The van der Waals surface area contributed by atoms with Crippen molar-refractivity contribution in [1.29, 1.82) is 0 Å². The van der Waals surface area contributed by atoms with Crippen LogP contribution in [0.15, 0.2) is 0 Å². The fraction of sp³-hybridized carbons (Fsp3) is 0.700. The monoisotopic (exact) mass is 301 g/mol. The summed E-state index contributed by atoms with van der Waals surface area (Å²) in [6, 6.07) is 0. The van der Waals surface area contributed by atoms with E-state index in [1.54, 1.807) is 4.52 Å². The summed E-state index contributed by atoms with van der Waals surface area (Å²) < 4.78 is 27.4. The highest BCUT2D eigenvalue weighted by Gasteiger charge is 2.30. The van der Waals surface area contributed by atoms with Crippen LogP contribution in [0.1, 0.15) is 42.9 Å². The summed E-state index contributed by atoms with van der Waals surface area (Å²) in [5.74, 6) is 1.51. The fourth-order valence-electron chi connectivity index (χ4n) is 1.85. The second kappa shape index (κ2) is 4.80. The Morgan fingerprint density at radius 1 is 1.42 bits per heavy atom. The Balaban J connectivity index is 1.75. The molecule has 19 heavy (non-hydrogen) atoms. The molecule has 0 radical (unpaired) electrons. The summed E-state index contributed by atoms with van der Waals surface area (Å²) in [6.45, 7) is 2.06. The van der Waals surface area contributed by atoms with Gasteiger partial charge in [-0.05, 0) is 19.3 Å². The highest BCUT2D eigenvalue weighted by Crippen LogP contribution is 2.39. The van der Waals surface area contributed by atoms with Crippen LogP contribution in [0.3, 0.4) is 0 Å². The zero-order valence-electron chi connectivity index (χ0n) is 10.5. The maximum Gasteiger partial charge on any atom is 0.234 e. The van der Waals surface area contributed by atoms with E-state index in [2.05, 4.69) is 20.0 Å². The highest BCUT2D eigenvalue weighted by molar-refractivity contribution is 7.89. The van der Waals surface area contributed by atoms with E-state index in [1.165, 1.54) is 11.3 Å². The van der Waals surface area contributed by atoms with Crippen molar-refractivity contribution in [2.24, 2.45) is 0 Å². The van der Waals surface area contributed by atoms with Crippen LogP contribution < -0.4 is 4.72 Å². The Hall–Kier alpha value is -1.06. The number of nitrogens with zero attached hydrogens (tertiary/aromatic N) is 4. The standard InChI is InChI=1S/C10H15N5O2S2/c1-2-5-19(16,17)11-6-8-14-15-9(7-3-4-7)12-13-10(15)18-8/h7,11H,2-6H2,1H3. The normalized spacial score (nSPS) is 16.3. The summed E-state index contributed by atoms with van der Waals surface area (Å²) >= 11 is 1.37. The smallest absolute Gasteiger partial charge is 0.212 e. The summed E-state index contributed by atoms with van der Waals surface area (Å²) in [5, 5.41) is 13.3. The van der Waals surface area contributed by atoms with E-state index in [1.807, 2.05) is 6.92 Å². The summed E-state index contributed by atoms with van der Waals surface area (Å²) in [6.07, 6.45) is 2.87. The Kier molecular flexibility index (Phi) is 3.27. The Morgan fingerprint density at radius 2 is 2.21 bits per heavy atom. The second-order valence-corrected chi connectivity index (χ2v) is 7.63. The highest BCUT2D eigenvalue weighted by atomic mass is 32.2. The molecular formula is C10H15N5O2S2. The van der Waals surface area contributed by atoms with Gasteiger partial charge in [-0.25, -0.2) is 13.1 Å². The van der Waals surface area contributed by atoms with Gasteiger partial charge in [0.1, 0.15) is 5.01 Å². The van der Waals surface area contributed by atoms with Crippen LogP contribution >= 0.6 is 11.3 Å². The van der Waals surface area contributed by atoms with E-state index in [0.29, 0.717) is 17.3 Å². The third-order valence-electron chi connectivity index (χ3n) is 2.92. The van der Waals surface area contributed by atoms with E-state index < -0.39 is 10.0 Å². The molecule has 2 aromatic rings. The largest absolute Gasteiger partial charge is 0.234 e. The molecular weight excluding hydrogens is 286 g/mol. The third kappa shape index (κ3) is 2.77. The third-order valence-corrected chi connectivity index (χ3v) is 5.34. The van der Waals surface area contributed by atoms with Crippen LogP contribution in [-0.2, 0) is 16.6 Å². The number of fused-ring (bicyclic) bond motifs is 1. The molecule has 2 aromatic heterocycles. The minimum atomic E-state index is -3.19. The first kappa shape index (κ1) is 12.9. The zero-order valence-corrected chi connectivity index (χ0v) is 12.2. The zero-order chi connectivity index (χ0) is 13.5.